The van der Waals surface area contributed by atoms with E-state index in [-0.39, 0.29) is 24.1 Å². The van der Waals surface area contributed by atoms with E-state index in [0.717, 1.165) is 5.69 Å². The standard InChI is InChI=1S/C16H16N8O2/c1-22-7-8-23-13(16(22)26)9-12(19-23)15(25)17-10-14-18-20-21-24(14)11-5-3-2-4-6-11/h2-6,9H,7-8,10H2,1H3,(H,17,25). The van der Waals surface area contributed by atoms with Gasteiger partial charge in [-0.15, -0.1) is 5.10 Å². The Morgan fingerprint density at radius 1 is 1.23 bits per heavy atom. The molecule has 2 aromatic heterocycles. The van der Waals surface area contributed by atoms with Gasteiger partial charge in [-0.05, 0) is 22.6 Å². The second-order valence-electron chi connectivity index (χ2n) is 5.89. The molecule has 0 radical (unpaired) electrons. The number of rotatable bonds is 4. The molecule has 1 aliphatic rings. The Kier molecular flexibility index (Phi) is 3.92. The summed E-state index contributed by atoms with van der Waals surface area (Å²) in [5, 5.41) is 18.5. The topological polar surface area (TPSA) is 111 Å². The van der Waals surface area contributed by atoms with Crippen LogP contribution in [0.1, 0.15) is 26.8 Å². The van der Waals surface area contributed by atoms with Crippen LogP contribution in [0.4, 0.5) is 0 Å². The molecule has 2 amide bonds. The molecule has 1 aromatic carbocycles. The first kappa shape index (κ1) is 15.9. The predicted molar refractivity (Wildman–Crippen MR) is 89.5 cm³/mol. The van der Waals surface area contributed by atoms with Gasteiger partial charge in [0.05, 0.1) is 18.8 Å². The Morgan fingerprint density at radius 2 is 2.04 bits per heavy atom. The molecule has 0 saturated heterocycles. The van der Waals surface area contributed by atoms with E-state index in [1.54, 1.807) is 21.3 Å². The van der Waals surface area contributed by atoms with Crippen LogP contribution >= 0.6 is 0 Å². The maximum Gasteiger partial charge on any atom is 0.272 e. The maximum atomic E-state index is 12.4. The number of aromatic nitrogens is 6. The molecule has 132 valence electrons. The molecule has 1 aliphatic heterocycles. The highest BCUT2D eigenvalue weighted by molar-refractivity contribution is 5.98. The highest BCUT2D eigenvalue weighted by atomic mass is 16.2. The summed E-state index contributed by atoms with van der Waals surface area (Å²) in [6, 6.07) is 10.9. The number of nitrogens with zero attached hydrogens (tertiary/aromatic N) is 7. The van der Waals surface area contributed by atoms with E-state index < -0.39 is 0 Å². The van der Waals surface area contributed by atoms with Gasteiger partial charge >= 0.3 is 0 Å². The molecule has 26 heavy (non-hydrogen) atoms. The maximum absolute atomic E-state index is 12.4. The third-order valence-electron chi connectivity index (χ3n) is 4.17. The van der Waals surface area contributed by atoms with Gasteiger partial charge in [-0.2, -0.15) is 9.78 Å². The summed E-state index contributed by atoms with van der Waals surface area (Å²) in [5.41, 5.74) is 1.41. The van der Waals surface area contributed by atoms with Crippen LogP contribution in [-0.4, -0.2) is 60.3 Å². The second kappa shape index (κ2) is 6.39. The van der Waals surface area contributed by atoms with Crippen LogP contribution < -0.4 is 5.32 Å². The molecule has 0 unspecified atom stereocenters. The van der Waals surface area contributed by atoms with Gasteiger partial charge in [0.2, 0.25) is 0 Å². The van der Waals surface area contributed by atoms with Gasteiger partial charge in [-0.1, -0.05) is 18.2 Å². The highest BCUT2D eigenvalue weighted by Gasteiger charge is 2.25. The summed E-state index contributed by atoms with van der Waals surface area (Å²) in [7, 11) is 1.72. The fourth-order valence-electron chi connectivity index (χ4n) is 2.75. The van der Waals surface area contributed by atoms with Gasteiger partial charge in [-0.25, -0.2) is 0 Å². The molecule has 0 spiro atoms. The first-order valence-electron chi connectivity index (χ1n) is 8.07. The number of nitrogens with one attached hydrogen (secondary N) is 1. The monoisotopic (exact) mass is 352 g/mol. The summed E-state index contributed by atoms with van der Waals surface area (Å²) in [6.45, 7) is 1.27. The molecule has 1 N–H and O–H groups in total. The lowest BCUT2D eigenvalue weighted by Crippen LogP contribution is -2.37. The summed E-state index contributed by atoms with van der Waals surface area (Å²) in [5.74, 6) is -0.0369. The van der Waals surface area contributed by atoms with Crippen molar-refractivity contribution >= 4 is 11.8 Å². The quantitative estimate of drug-likeness (QED) is 0.700. The smallest absolute Gasteiger partial charge is 0.272 e. The van der Waals surface area contributed by atoms with Crippen molar-refractivity contribution in [3.8, 4) is 5.69 Å². The number of carbonyl (C=O) groups is 2. The lowest BCUT2D eigenvalue weighted by molar-refractivity contribution is 0.0742. The number of likely N-dealkylation sites (N-methyl/N-ethyl adjacent to an activating group) is 1. The number of amides is 2. The summed E-state index contributed by atoms with van der Waals surface area (Å²) in [4.78, 5) is 26.1. The number of para-hydroxylation sites is 1. The van der Waals surface area contributed by atoms with Crippen LogP contribution in [0.3, 0.4) is 0 Å². The van der Waals surface area contributed by atoms with Crippen molar-refractivity contribution in [2.24, 2.45) is 0 Å². The largest absolute Gasteiger partial charge is 0.343 e. The van der Waals surface area contributed by atoms with E-state index in [1.165, 1.54) is 6.07 Å². The zero-order chi connectivity index (χ0) is 18.1. The van der Waals surface area contributed by atoms with Gasteiger partial charge in [0.25, 0.3) is 11.8 Å². The van der Waals surface area contributed by atoms with E-state index in [4.69, 9.17) is 0 Å². The zero-order valence-electron chi connectivity index (χ0n) is 14.0. The van der Waals surface area contributed by atoms with Crippen LogP contribution in [0.5, 0.6) is 0 Å². The lowest BCUT2D eigenvalue weighted by Gasteiger charge is -2.22. The number of hydrogen-bond acceptors (Lipinski definition) is 6. The number of hydrogen-bond donors (Lipinski definition) is 1. The minimum absolute atomic E-state index is 0.136. The van der Waals surface area contributed by atoms with E-state index >= 15 is 0 Å². The minimum Gasteiger partial charge on any atom is -0.343 e. The van der Waals surface area contributed by atoms with Gasteiger partial charge in [0.1, 0.15) is 5.69 Å². The van der Waals surface area contributed by atoms with Gasteiger partial charge in [0.15, 0.2) is 11.5 Å². The summed E-state index contributed by atoms with van der Waals surface area (Å²) < 4.78 is 3.11. The fourth-order valence-corrected chi connectivity index (χ4v) is 2.75. The van der Waals surface area contributed by atoms with Crippen molar-refractivity contribution in [3.63, 3.8) is 0 Å². The molecular formula is C16H16N8O2. The van der Waals surface area contributed by atoms with Crippen molar-refractivity contribution in [1.82, 2.24) is 40.2 Å². The highest BCUT2D eigenvalue weighted by Crippen LogP contribution is 2.13. The molecule has 0 aliphatic carbocycles. The summed E-state index contributed by atoms with van der Waals surface area (Å²) >= 11 is 0. The molecule has 3 heterocycles. The van der Waals surface area contributed by atoms with Crippen LogP contribution in [0, 0.1) is 0 Å². The van der Waals surface area contributed by atoms with Crippen molar-refractivity contribution in [2.45, 2.75) is 13.1 Å². The van der Waals surface area contributed by atoms with Crippen LogP contribution in [0.25, 0.3) is 5.69 Å². The number of fused-ring (bicyclic) bond motifs is 1. The van der Waals surface area contributed by atoms with E-state index in [2.05, 4.69) is 25.9 Å². The Hall–Kier alpha value is -3.56. The molecule has 0 atom stereocenters. The number of benzene rings is 1. The zero-order valence-corrected chi connectivity index (χ0v) is 14.0. The van der Waals surface area contributed by atoms with E-state index in [1.807, 2.05) is 30.3 Å². The molecule has 0 bridgehead atoms. The molecular weight excluding hydrogens is 336 g/mol. The van der Waals surface area contributed by atoms with Crippen molar-refractivity contribution in [1.29, 1.82) is 0 Å². The Bertz CT molecular complexity index is 962. The van der Waals surface area contributed by atoms with Crippen LogP contribution in [-0.2, 0) is 13.1 Å². The Morgan fingerprint density at radius 3 is 2.85 bits per heavy atom. The Balaban J connectivity index is 1.48. The Labute approximate surface area is 148 Å². The first-order chi connectivity index (χ1) is 12.6. The fraction of sp³-hybridized carbons (Fsp3) is 0.250. The van der Waals surface area contributed by atoms with Crippen molar-refractivity contribution < 1.29 is 9.59 Å². The molecule has 10 heteroatoms. The van der Waals surface area contributed by atoms with Crippen molar-refractivity contribution in [2.75, 3.05) is 13.6 Å². The van der Waals surface area contributed by atoms with Gasteiger partial charge < -0.3 is 10.2 Å². The summed E-state index contributed by atoms with van der Waals surface area (Å²) in [6.07, 6.45) is 0. The van der Waals surface area contributed by atoms with Gasteiger partial charge in [-0.3, -0.25) is 14.3 Å². The second-order valence-corrected chi connectivity index (χ2v) is 5.89. The van der Waals surface area contributed by atoms with Crippen LogP contribution in [0.2, 0.25) is 0 Å². The number of carbonyl (C=O) groups excluding carboxylic acids is 2. The van der Waals surface area contributed by atoms with E-state index in [0.29, 0.717) is 24.6 Å². The third-order valence-corrected chi connectivity index (χ3v) is 4.17. The SMILES string of the molecule is CN1CCn2nc(C(=O)NCc3nnnn3-c3ccccc3)cc2C1=O. The third kappa shape index (κ3) is 2.81. The van der Waals surface area contributed by atoms with Gasteiger partial charge in [0, 0.05) is 19.7 Å². The normalized spacial score (nSPS) is 13.6. The number of tetrazole rings is 1. The molecule has 10 nitrogen and oxygen atoms in total. The minimum atomic E-state index is -0.384. The lowest BCUT2D eigenvalue weighted by atomic mass is 10.2. The predicted octanol–water partition coefficient (Wildman–Crippen LogP) is -0.126. The molecule has 0 saturated carbocycles. The van der Waals surface area contributed by atoms with Crippen molar-refractivity contribution in [3.05, 3.63) is 53.6 Å². The molecule has 4 rings (SSSR count). The first-order valence-corrected chi connectivity index (χ1v) is 8.07. The molecule has 0 fully saturated rings. The average Bonchev–Trinajstić information content (AvgIpc) is 3.31. The molecule has 3 aromatic rings. The van der Waals surface area contributed by atoms with Crippen LogP contribution in [0.15, 0.2) is 36.4 Å². The van der Waals surface area contributed by atoms with E-state index in [9.17, 15) is 9.59 Å². The average molecular weight is 352 g/mol.